The Balaban J connectivity index is 1.53. The molecular weight excluding hydrogens is 380 g/mol. The first-order chi connectivity index (χ1) is 13.6. The number of hydrogen-bond donors (Lipinski definition) is 1. The number of nitrogens with zero attached hydrogens (tertiary/aromatic N) is 5. The SMILES string of the molecule is CN1C(=O)N(c2ccccc2Cl)Cc2cnc(NC3CCC(N=O)CC3)nc21. The van der Waals surface area contributed by atoms with Gasteiger partial charge in [-0.3, -0.25) is 9.80 Å². The normalized spacial score (nSPS) is 22.0. The molecule has 0 unspecified atom stereocenters. The summed E-state index contributed by atoms with van der Waals surface area (Å²) in [7, 11) is 1.70. The van der Waals surface area contributed by atoms with E-state index in [9.17, 15) is 9.70 Å². The minimum absolute atomic E-state index is 0.0814. The van der Waals surface area contributed by atoms with Crippen molar-refractivity contribution in [2.45, 2.75) is 44.3 Å². The number of nitrogens with one attached hydrogen (secondary N) is 1. The number of rotatable bonds is 4. The number of anilines is 3. The molecule has 2 aliphatic rings. The minimum Gasteiger partial charge on any atom is -0.351 e. The zero-order valence-electron chi connectivity index (χ0n) is 15.5. The fourth-order valence-corrected chi connectivity index (χ4v) is 3.98. The van der Waals surface area contributed by atoms with Crippen LogP contribution >= 0.6 is 11.6 Å². The second-order valence-corrected chi connectivity index (χ2v) is 7.58. The van der Waals surface area contributed by atoms with Crippen molar-refractivity contribution in [3.8, 4) is 0 Å². The molecule has 0 spiro atoms. The Bertz CT molecular complexity index is 900. The van der Waals surface area contributed by atoms with E-state index >= 15 is 0 Å². The lowest BCUT2D eigenvalue weighted by molar-refractivity contribution is 0.251. The van der Waals surface area contributed by atoms with Crippen LogP contribution in [0.1, 0.15) is 31.2 Å². The van der Waals surface area contributed by atoms with Gasteiger partial charge < -0.3 is 5.32 Å². The van der Waals surface area contributed by atoms with Gasteiger partial charge in [0.25, 0.3) is 0 Å². The van der Waals surface area contributed by atoms with E-state index < -0.39 is 0 Å². The summed E-state index contributed by atoms with van der Waals surface area (Å²) in [5, 5.41) is 6.98. The molecule has 0 bridgehead atoms. The van der Waals surface area contributed by atoms with Crippen molar-refractivity contribution in [1.82, 2.24) is 9.97 Å². The van der Waals surface area contributed by atoms with Gasteiger partial charge in [0.2, 0.25) is 5.95 Å². The van der Waals surface area contributed by atoms with Gasteiger partial charge in [-0.25, -0.2) is 9.78 Å². The summed E-state index contributed by atoms with van der Waals surface area (Å²) < 4.78 is 0. The average molecular weight is 401 g/mol. The molecule has 2 heterocycles. The second kappa shape index (κ2) is 7.71. The lowest BCUT2D eigenvalue weighted by Crippen LogP contribution is -2.46. The van der Waals surface area contributed by atoms with Gasteiger partial charge >= 0.3 is 6.03 Å². The number of carbonyl (C=O) groups excluding carboxylic acids is 1. The van der Waals surface area contributed by atoms with Crippen molar-refractivity contribution < 1.29 is 4.79 Å². The second-order valence-electron chi connectivity index (χ2n) is 7.18. The largest absolute Gasteiger partial charge is 0.351 e. The molecule has 1 aromatic carbocycles. The first-order valence-corrected chi connectivity index (χ1v) is 9.69. The summed E-state index contributed by atoms with van der Waals surface area (Å²) >= 11 is 6.27. The molecule has 1 fully saturated rings. The first kappa shape index (κ1) is 18.6. The third-order valence-corrected chi connectivity index (χ3v) is 5.65. The number of aromatic nitrogens is 2. The third kappa shape index (κ3) is 3.52. The highest BCUT2D eigenvalue weighted by Crippen LogP contribution is 2.33. The number of amides is 2. The summed E-state index contributed by atoms with van der Waals surface area (Å²) in [5.41, 5.74) is 1.51. The summed E-state index contributed by atoms with van der Waals surface area (Å²) in [4.78, 5) is 35.7. The number of halogens is 1. The number of carbonyl (C=O) groups is 1. The number of benzene rings is 1. The predicted octanol–water partition coefficient (Wildman–Crippen LogP) is 4.20. The first-order valence-electron chi connectivity index (χ1n) is 9.31. The van der Waals surface area contributed by atoms with Gasteiger partial charge in [0, 0.05) is 24.8 Å². The molecule has 146 valence electrons. The van der Waals surface area contributed by atoms with E-state index in [4.69, 9.17) is 11.6 Å². The predicted molar refractivity (Wildman–Crippen MR) is 109 cm³/mol. The van der Waals surface area contributed by atoms with Crippen LogP contribution in [-0.4, -0.2) is 35.1 Å². The van der Waals surface area contributed by atoms with Crippen LogP contribution in [0.4, 0.5) is 22.2 Å². The minimum atomic E-state index is -0.192. The molecule has 0 saturated heterocycles. The van der Waals surface area contributed by atoms with Gasteiger partial charge in [-0.05, 0) is 37.8 Å². The van der Waals surface area contributed by atoms with Gasteiger partial charge in [-0.15, -0.1) is 0 Å². The Morgan fingerprint density at radius 3 is 2.68 bits per heavy atom. The standard InChI is InChI=1S/C19H21ClN6O2/c1-25-17-12(11-26(19(25)27)16-5-3-2-4-15(16)20)10-21-18(23-17)22-13-6-8-14(24-28)9-7-13/h2-5,10,13-14H,6-9,11H2,1H3,(H,21,22,23). The molecule has 1 saturated carbocycles. The highest BCUT2D eigenvalue weighted by Gasteiger charge is 2.32. The maximum absolute atomic E-state index is 12.9. The molecule has 9 heteroatoms. The van der Waals surface area contributed by atoms with Crippen molar-refractivity contribution in [1.29, 1.82) is 0 Å². The maximum Gasteiger partial charge on any atom is 0.330 e. The van der Waals surface area contributed by atoms with E-state index in [1.807, 2.05) is 18.2 Å². The zero-order valence-corrected chi connectivity index (χ0v) is 16.3. The van der Waals surface area contributed by atoms with Gasteiger partial charge in [0.15, 0.2) is 0 Å². The van der Waals surface area contributed by atoms with Crippen LogP contribution in [-0.2, 0) is 6.54 Å². The van der Waals surface area contributed by atoms with E-state index in [1.165, 1.54) is 4.90 Å². The van der Waals surface area contributed by atoms with Gasteiger partial charge in [-0.2, -0.15) is 9.89 Å². The van der Waals surface area contributed by atoms with E-state index in [-0.39, 0.29) is 18.1 Å². The quantitative estimate of drug-likeness (QED) is 0.777. The van der Waals surface area contributed by atoms with Crippen LogP contribution in [0.5, 0.6) is 0 Å². The van der Waals surface area contributed by atoms with Crippen LogP contribution in [0.25, 0.3) is 0 Å². The molecule has 0 radical (unpaired) electrons. The van der Waals surface area contributed by atoms with Crippen molar-refractivity contribution >= 4 is 35.1 Å². The van der Waals surface area contributed by atoms with E-state index in [2.05, 4.69) is 20.5 Å². The molecule has 1 aliphatic carbocycles. The fourth-order valence-electron chi connectivity index (χ4n) is 3.75. The summed E-state index contributed by atoms with van der Waals surface area (Å²) in [6, 6.07) is 7.20. The average Bonchev–Trinajstić information content (AvgIpc) is 2.72. The van der Waals surface area contributed by atoms with Crippen LogP contribution in [0.3, 0.4) is 0 Å². The Hall–Kier alpha value is -2.74. The van der Waals surface area contributed by atoms with Gasteiger partial charge in [-0.1, -0.05) is 28.9 Å². The number of urea groups is 1. The lowest BCUT2D eigenvalue weighted by atomic mass is 9.92. The monoisotopic (exact) mass is 400 g/mol. The molecule has 2 aromatic rings. The van der Waals surface area contributed by atoms with Crippen LogP contribution < -0.4 is 15.1 Å². The van der Waals surface area contributed by atoms with E-state index in [0.717, 1.165) is 31.2 Å². The van der Waals surface area contributed by atoms with Gasteiger partial charge in [0.1, 0.15) is 5.82 Å². The highest BCUT2D eigenvalue weighted by atomic mass is 35.5. The number of para-hydroxylation sites is 1. The Morgan fingerprint density at radius 1 is 1.21 bits per heavy atom. The van der Waals surface area contributed by atoms with Crippen molar-refractivity contribution in [3.05, 3.63) is 46.0 Å². The van der Waals surface area contributed by atoms with Crippen LogP contribution in [0, 0.1) is 4.91 Å². The van der Waals surface area contributed by atoms with Crippen molar-refractivity contribution in [3.63, 3.8) is 0 Å². The number of nitroso groups, excluding NO2 is 1. The molecule has 1 aromatic heterocycles. The molecular formula is C19H21ClN6O2. The molecule has 0 atom stereocenters. The van der Waals surface area contributed by atoms with Crippen LogP contribution in [0.2, 0.25) is 5.02 Å². The maximum atomic E-state index is 12.9. The zero-order chi connectivity index (χ0) is 19.7. The summed E-state index contributed by atoms with van der Waals surface area (Å²) in [6.45, 7) is 0.360. The van der Waals surface area contributed by atoms with E-state index in [0.29, 0.717) is 29.0 Å². The molecule has 2 amide bonds. The molecule has 28 heavy (non-hydrogen) atoms. The number of hydrogen-bond acceptors (Lipinski definition) is 6. The molecule has 8 nitrogen and oxygen atoms in total. The van der Waals surface area contributed by atoms with Crippen molar-refractivity contribution in [2.24, 2.45) is 5.18 Å². The fraction of sp³-hybridized carbons (Fsp3) is 0.421. The Morgan fingerprint density at radius 2 is 1.96 bits per heavy atom. The smallest absolute Gasteiger partial charge is 0.330 e. The number of fused-ring (bicyclic) bond motifs is 1. The molecule has 1 aliphatic heterocycles. The highest BCUT2D eigenvalue weighted by molar-refractivity contribution is 6.34. The van der Waals surface area contributed by atoms with Crippen LogP contribution in [0.15, 0.2) is 35.6 Å². The third-order valence-electron chi connectivity index (χ3n) is 5.33. The molecule has 1 N–H and O–H groups in total. The van der Waals surface area contributed by atoms with Gasteiger partial charge in [0.05, 0.1) is 23.3 Å². The Labute approximate surface area is 167 Å². The Kier molecular flexibility index (Phi) is 5.13. The van der Waals surface area contributed by atoms with E-state index in [1.54, 1.807) is 24.2 Å². The molecule has 4 rings (SSSR count). The summed E-state index contributed by atoms with van der Waals surface area (Å²) in [6.07, 6.45) is 5.00. The lowest BCUT2D eigenvalue weighted by Gasteiger charge is -2.34. The van der Waals surface area contributed by atoms with Crippen molar-refractivity contribution in [2.75, 3.05) is 22.2 Å². The summed E-state index contributed by atoms with van der Waals surface area (Å²) in [5.74, 6) is 1.08. The topological polar surface area (TPSA) is 90.8 Å².